The second-order valence-electron chi connectivity index (χ2n) is 4.94. The van der Waals surface area contributed by atoms with Gasteiger partial charge in [0.05, 0.1) is 0 Å². The molecule has 1 aromatic heterocycles. The molecule has 4 nitrogen and oxygen atoms in total. The Morgan fingerprint density at radius 1 is 1.37 bits per heavy atom. The normalized spacial score (nSPS) is 17.3. The fourth-order valence-corrected chi connectivity index (χ4v) is 2.89. The third kappa shape index (κ3) is 2.56. The van der Waals surface area contributed by atoms with E-state index in [4.69, 9.17) is 0 Å². The first-order valence-electron chi connectivity index (χ1n) is 6.22. The van der Waals surface area contributed by atoms with Crippen molar-refractivity contribution in [3.05, 3.63) is 45.6 Å². The summed E-state index contributed by atoms with van der Waals surface area (Å²) in [5, 5.41) is 9.71. The number of nitrogens with one attached hydrogen (secondary N) is 2. The summed E-state index contributed by atoms with van der Waals surface area (Å²) in [7, 11) is 0. The minimum atomic E-state index is 0.00121. The molecule has 2 aromatic rings. The molecule has 1 aliphatic rings. The predicted octanol–water partition coefficient (Wildman–Crippen LogP) is 2.83. The van der Waals surface area contributed by atoms with Crippen molar-refractivity contribution in [2.24, 2.45) is 5.92 Å². The van der Waals surface area contributed by atoms with Crippen molar-refractivity contribution in [3.63, 3.8) is 0 Å². The van der Waals surface area contributed by atoms with Crippen LogP contribution in [0.1, 0.15) is 16.8 Å². The molecular formula is C14H14BrN3O. The van der Waals surface area contributed by atoms with Gasteiger partial charge in [-0.3, -0.25) is 9.89 Å². The van der Waals surface area contributed by atoms with E-state index in [1.54, 1.807) is 0 Å². The molecule has 0 saturated carbocycles. The molecule has 5 heteroatoms. The van der Waals surface area contributed by atoms with E-state index in [1.165, 1.54) is 11.1 Å². The molecule has 0 bridgehead atoms. The molecule has 1 amide bonds. The number of hydrogen-bond acceptors (Lipinski definition) is 2. The van der Waals surface area contributed by atoms with Crippen LogP contribution in [0.3, 0.4) is 0 Å². The van der Waals surface area contributed by atoms with Gasteiger partial charge in [-0.1, -0.05) is 22.0 Å². The van der Waals surface area contributed by atoms with Crippen molar-refractivity contribution in [2.45, 2.75) is 19.8 Å². The SMILES string of the molecule is Cc1cc(NC(=O)C2Cc3ccc(Br)cc3C2)n[nH]1. The fraction of sp³-hybridized carbons (Fsp3) is 0.286. The lowest BCUT2D eigenvalue weighted by molar-refractivity contribution is -0.119. The molecule has 1 aromatic carbocycles. The zero-order chi connectivity index (χ0) is 13.4. The number of rotatable bonds is 2. The summed E-state index contributed by atoms with van der Waals surface area (Å²) in [6, 6.07) is 8.04. The average Bonchev–Trinajstić information content (AvgIpc) is 2.95. The van der Waals surface area contributed by atoms with Crippen LogP contribution in [0, 0.1) is 12.8 Å². The number of carbonyl (C=O) groups is 1. The first-order valence-corrected chi connectivity index (χ1v) is 7.01. The number of aryl methyl sites for hydroxylation is 1. The molecule has 0 fully saturated rings. The van der Waals surface area contributed by atoms with Crippen LogP contribution in [-0.2, 0) is 17.6 Å². The topological polar surface area (TPSA) is 57.8 Å². The lowest BCUT2D eigenvalue weighted by Gasteiger charge is -2.07. The van der Waals surface area contributed by atoms with Crippen LogP contribution >= 0.6 is 15.9 Å². The Morgan fingerprint density at radius 2 is 2.16 bits per heavy atom. The van der Waals surface area contributed by atoms with Crippen LogP contribution < -0.4 is 5.32 Å². The molecular weight excluding hydrogens is 306 g/mol. The van der Waals surface area contributed by atoms with Crippen molar-refractivity contribution in [1.82, 2.24) is 10.2 Å². The van der Waals surface area contributed by atoms with Gasteiger partial charge < -0.3 is 5.32 Å². The van der Waals surface area contributed by atoms with Gasteiger partial charge in [0.2, 0.25) is 5.91 Å². The van der Waals surface area contributed by atoms with Crippen molar-refractivity contribution in [1.29, 1.82) is 0 Å². The van der Waals surface area contributed by atoms with Gasteiger partial charge in [-0.15, -0.1) is 0 Å². The second-order valence-corrected chi connectivity index (χ2v) is 5.86. The minimum absolute atomic E-state index is 0.00121. The summed E-state index contributed by atoms with van der Waals surface area (Å²) in [4.78, 5) is 12.2. The average molecular weight is 320 g/mol. The number of aromatic nitrogens is 2. The first-order chi connectivity index (χ1) is 9.11. The number of halogens is 1. The third-order valence-corrected chi connectivity index (χ3v) is 3.92. The van der Waals surface area contributed by atoms with Crippen molar-refractivity contribution >= 4 is 27.7 Å². The monoisotopic (exact) mass is 319 g/mol. The Balaban J connectivity index is 1.70. The minimum Gasteiger partial charge on any atom is -0.309 e. The highest BCUT2D eigenvalue weighted by Crippen LogP contribution is 2.29. The number of anilines is 1. The number of fused-ring (bicyclic) bond motifs is 1. The summed E-state index contributed by atoms with van der Waals surface area (Å²) >= 11 is 3.46. The van der Waals surface area contributed by atoms with Crippen LogP contribution in [0.5, 0.6) is 0 Å². The maximum atomic E-state index is 12.2. The van der Waals surface area contributed by atoms with Gasteiger partial charge in [-0.25, -0.2) is 0 Å². The Hall–Kier alpha value is -1.62. The summed E-state index contributed by atoms with van der Waals surface area (Å²) in [5.74, 6) is 0.639. The molecule has 2 N–H and O–H groups in total. The van der Waals surface area contributed by atoms with Gasteiger partial charge in [-0.2, -0.15) is 5.10 Å². The summed E-state index contributed by atoms with van der Waals surface area (Å²) < 4.78 is 1.07. The predicted molar refractivity (Wildman–Crippen MR) is 77.0 cm³/mol. The first kappa shape index (κ1) is 12.4. The fourth-order valence-electron chi connectivity index (χ4n) is 2.48. The maximum Gasteiger partial charge on any atom is 0.229 e. The molecule has 0 aliphatic heterocycles. The van der Waals surface area contributed by atoms with Crippen LogP contribution in [0.25, 0.3) is 0 Å². The van der Waals surface area contributed by atoms with E-state index in [2.05, 4.69) is 43.6 Å². The van der Waals surface area contributed by atoms with Crippen LogP contribution in [0.4, 0.5) is 5.82 Å². The van der Waals surface area contributed by atoms with E-state index in [1.807, 2.05) is 19.1 Å². The van der Waals surface area contributed by atoms with E-state index >= 15 is 0 Å². The molecule has 1 unspecified atom stereocenters. The number of nitrogens with zero attached hydrogens (tertiary/aromatic N) is 1. The largest absolute Gasteiger partial charge is 0.309 e. The number of amides is 1. The van der Waals surface area contributed by atoms with E-state index in [0.29, 0.717) is 5.82 Å². The molecule has 1 aliphatic carbocycles. The summed E-state index contributed by atoms with van der Waals surface area (Å²) in [5.41, 5.74) is 3.46. The van der Waals surface area contributed by atoms with Crippen LogP contribution in [-0.4, -0.2) is 16.1 Å². The Morgan fingerprint density at radius 3 is 2.89 bits per heavy atom. The summed E-state index contributed by atoms with van der Waals surface area (Å²) in [6.45, 7) is 1.91. The highest BCUT2D eigenvalue weighted by molar-refractivity contribution is 9.10. The van der Waals surface area contributed by atoms with Crippen molar-refractivity contribution in [3.8, 4) is 0 Å². The number of H-pyrrole nitrogens is 1. The number of carbonyl (C=O) groups excluding carboxylic acids is 1. The van der Waals surface area contributed by atoms with Gasteiger partial charge in [-0.05, 0) is 43.0 Å². The molecule has 98 valence electrons. The molecule has 0 spiro atoms. The van der Waals surface area contributed by atoms with E-state index in [9.17, 15) is 4.79 Å². The van der Waals surface area contributed by atoms with Gasteiger partial charge in [0.25, 0.3) is 0 Å². The standard InChI is InChI=1S/C14H14BrN3O/c1-8-4-13(18-17-8)16-14(19)11-5-9-2-3-12(15)7-10(9)6-11/h2-4,7,11H,5-6H2,1H3,(H2,16,17,18,19). The van der Waals surface area contributed by atoms with Gasteiger partial charge in [0.15, 0.2) is 5.82 Å². The van der Waals surface area contributed by atoms with Gasteiger partial charge in [0.1, 0.15) is 0 Å². The zero-order valence-electron chi connectivity index (χ0n) is 10.5. The quantitative estimate of drug-likeness (QED) is 0.894. The van der Waals surface area contributed by atoms with E-state index in [0.717, 1.165) is 23.0 Å². The van der Waals surface area contributed by atoms with Gasteiger partial charge in [0, 0.05) is 22.2 Å². The van der Waals surface area contributed by atoms with E-state index < -0.39 is 0 Å². The number of aromatic amines is 1. The van der Waals surface area contributed by atoms with Crippen LogP contribution in [0.15, 0.2) is 28.7 Å². The molecule has 0 radical (unpaired) electrons. The third-order valence-electron chi connectivity index (χ3n) is 3.43. The lowest BCUT2D eigenvalue weighted by Crippen LogP contribution is -2.23. The smallest absolute Gasteiger partial charge is 0.229 e. The summed E-state index contributed by atoms with van der Waals surface area (Å²) in [6.07, 6.45) is 1.60. The highest BCUT2D eigenvalue weighted by atomic mass is 79.9. The van der Waals surface area contributed by atoms with Crippen molar-refractivity contribution < 1.29 is 4.79 Å². The number of benzene rings is 1. The molecule has 1 atom stereocenters. The molecule has 19 heavy (non-hydrogen) atoms. The molecule has 3 rings (SSSR count). The molecule has 0 saturated heterocycles. The lowest BCUT2D eigenvalue weighted by atomic mass is 10.1. The van der Waals surface area contributed by atoms with Gasteiger partial charge >= 0.3 is 0 Å². The number of hydrogen-bond donors (Lipinski definition) is 2. The Kier molecular flexibility index (Phi) is 3.14. The Bertz CT molecular complexity index is 635. The van der Waals surface area contributed by atoms with Crippen LogP contribution in [0.2, 0.25) is 0 Å². The highest BCUT2D eigenvalue weighted by Gasteiger charge is 2.27. The zero-order valence-corrected chi connectivity index (χ0v) is 12.1. The van der Waals surface area contributed by atoms with Crippen molar-refractivity contribution in [2.75, 3.05) is 5.32 Å². The van der Waals surface area contributed by atoms with E-state index in [-0.39, 0.29) is 11.8 Å². The second kappa shape index (κ2) is 4.81. The molecule has 1 heterocycles. The maximum absolute atomic E-state index is 12.2. The Labute approximate surface area is 119 Å².